The van der Waals surface area contributed by atoms with Crippen LogP contribution in [0.25, 0.3) is 0 Å². The number of rotatable bonds is 68. The van der Waals surface area contributed by atoms with E-state index in [1.54, 1.807) is 0 Å². The quantitative estimate of drug-likeness (QED) is 0.0222. The molecule has 0 saturated heterocycles. The minimum atomic E-state index is -4.95. The van der Waals surface area contributed by atoms with E-state index < -0.39 is 97.5 Å². The average molecular weight is 1330 g/mol. The van der Waals surface area contributed by atoms with Crippen LogP contribution in [0.15, 0.2) is 0 Å². The lowest BCUT2D eigenvalue weighted by Crippen LogP contribution is -2.30. The molecule has 0 amide bonds. The van der Waals surface area contributed by atoms with E-state index in [9.17, 15) is 43.2 Å². The molecule has 534 valence electrons. The summed E-state index contributed by atoms with van der Waals surface area (Å²) in [7, 11) is -9.90. The van der Waals surface area contributed by atoms with E-state index in [0.29, 0.717) is 31.6 Å². The zero-order chi connectivity index (χ0) is 66.8. The first-order valence-electron chi connectivity index (χ1n) is 36.8. The monoisotopic (exact) mass is 1320 g/mol. The molecule has 0 aromatic carbocycles. The second-order valence-corrected chi connectivity index (χ2v) is 30.0. The molecule has 17 nitrogen and oxygen atoms in total. The number of aliphatic hydroxyl groups is 1. The fourth-order valence-corrected chi connectivity index (χ4v) is 12.2. The Kier molecular flexibility index (Phi) is 59.4. The third-order valence-electron chi connectivity index (χ3n) is 17.0. The van der Waals surface area contributed by atoms with E-state index >= 15 is 0 Å². The van der Waals surface area contributed by atoms with Gasteiger partial charge in [0.05, 0.1) is 26.4 Å². The van der Waals surface area contributed by atoms with Gasteiger partial charge in [-0.25, -0.2) is 9.13 Å². The van der Waals surface area contributed by atoms with Crippen LogP contribution in [0, 0.1) is 23.7 Å². The molecular weight excluding hydrogens is 1190 g/mol. The molecule has 0 saturated carbocycles. The second kappa shape index (κ2) is 60.7. The second-order valence-electron chi connectivity index (χ2n) is 27.1. The van der Waals surface area contributed by atoms with Gasteiger partial charge in [-0.05, 0) is 49.4 Å². The molecule has 0 spiro atoms. The Hall–Kier alpha value is -1.94. The number of carbonyl (C=O) groups excluding carboxylic acids is 4. The highest BCUT2D eigenvalue weighted by atomic mass is 31.2. The Morgan fingerprint density at radius 1 is 0.311 bits per heavy atom. The van der Waals surface area contributed by atoms with Gasteiger partial charge in [0.2, 0.25) is 0 Å². The summed E-state index contributed by atoms with van der Waals surface area (Å²) in [6.45, 7) is 14.1. The van der Waals surface area contributed by atoms with E-state index in [0.717, 1.165) is 114 Å². The number of esters is 4. The van der Waals surface area contributed by atoms with Crippen LogP contribution in [0.2, 0.25) is 0 Å². The first-order valence-corrected chi connectivity index (χ1v) is 39.8. The van der Waals surface area contributed by atoms with Gasteiger partial charge in [0.25, 0.3) is 0 Å². The summed E-state index contributed by atoms with van der Waals surface area (Å²) in [6.07, 6.45) is 43.2. The van der Waals surface area contributed by atoms with E-state index in [4.69, 9.17) is 37.0 Å². The van der Waals surface area contributed by atoms with Crippen molar-refractivity contribution >= 4 is 39.5 Å². The minimum absolute atomic E-state index is 0.102. The summed E-state index contributed by atoms with van der Waals surface area (Å²) >= 11 is 0. The molecule has 0 fully saturated rings. The van der Waals surface area contributed by atoms with Gasteiger partial charge < -0.3 is 33.8 Å². The molecule has 0 aliphatic carbocycles. The predicted octanol–water partition coefficient (Wildman–Crippen LogP) is 20.1. The zero-order valence-electron chi connectivity index (χ0n) is 58.8. The van der Waals surface area contributed by atoms with E-state index in [2.05, 4.69) is 55.4 Å². The lowest BCUT2D eigenvalue weighted by atomic mass is 9.99. The maximum atomic E-state index is 13.0. The van der Waals surface area contributed by atoms with Gasteiger partial charge in [-0.2, -0.15) is 0 Å². The van der Waals surface area contributed by atoms with Crippen LogP contribution >= 0.6 is 15.6 Å². The highest BCUT2D eigenvalue weighted by Gasteiger charge is 2.30. The molecule has 3 N–H and O–H groups in total. The summed E-state index contributed by atoms with van der Waals surface area (Å²) in [5, 5.41) is 10.6. The SMILES string of the molecule is CCC(C)CCCCCCCCCCC(=O)OC[C@H](COP(=O)(O)OC[C@@H](O)COP(=O)(O)OC[C@@H](COC(=O)CCCCCCCCC(C)CC)OC(=O)CCCCCCCCCCCCCCCCCC(C)C)OC(=O)CCCCCCCCCC(C)C. The smallest absolute Gasteiger partial charge is 0.462 e. The van der Waals surface area contributed by atoms with Gasteiger partial charge in [-0.3, -0.25) is 37.3 Å². The molecule has 90 heavy (non-hydrogen) atoms. The fourth-order valence-electron chi connectivity index (χ4n) is 10.6. The van der Waals surface area contributed by atoms with Crippen molar-refractivity contribution in [2.75, 3.05) is 39.6 Å². The third-order valence-corrected chi connectivity index (χ3v) is 18.9. The van der Waals surface area contributed by atoms with Crippen molar-refractivity contribution in [1.82, 2.24) is 0 Å². The van der Waals surface area contributed by atoms with Crippen LogP contribution < -0.4 is 0 Å². The van der Waals surface area contributed by atoms with Gasteiger partial charge in [0.15, 0.2) is 12.2 Å². The molecule has 0 heterocycles. The van der Waals surface area contributed by atoms with Crippen molar-refractivity contribution in [1.29, 1.82) is 0 Å². The molecule has 0 radical (unpaired) electrons. The maximum absolute atomic E-state index is 13.0. The molecule has 7 atom stereocenters. The van der Waals surface area contributed by atoms with Crippen molar-refractivity contribution in [3.63, 3.8) is 0 Å². The summed E-state index contributed by atoms with van der Waals surface area (Å²) in [5.41, 5.74) is 0. The van der Waals surface area contributed by atoms with Crippen molar-refractivity contribution in [3.8, 4) is 0 Å². The topological polar surface area (TPSA) is 237 Å². The largest absolute Gasteiger partial charge is 0.472 e. The van der Waals surface area contributed by atoms with E-state index in [1.807, 2.05) is 0 Å². The lowest BCUT2D eigenvalue weighted by molar-refractivity contribution is -0.161. The van der Waals surface area contributed by atoms with Crippen LogP contribution in [-0.2, 0) is 65.4 Å². The highest BCUT2D eigenvalue weighted by Crippen LogP contribution is 2.45. The van der Waals surface area contributed by atoms with Crippen molar-refractivity contribution < 1.29 is 80.2 Å². The maximum Gasteiger partial charge on any atom is 0.472 e. The molecule has 0 aromatic rings. The van der Waals surface area contributed by atoms with E-state index in [-0.39, 0.29) is 25.7 Å². The van der Waals surface area contributed by atoms with Crippen molar-refractivity contribution in [3.05, 3.63) is 0 Å². The molecule has 0 aliphatic rings. The highest BCUT2D eigenvalue weighted by molar-refractivity contribution is 7.47. The average Bonchev–Trinajstić information content (AvgIpc) is 3.37. The molecular formula is C71H138O17P2. The normalized spacial score (nSPS) is 14.9. The fraction of sp³-hybridized carbons (Fsp3) is 0.944. The minimum Gasteiger partial charge on any atom is -0.462 e. The van der Waals surface area contributed by atoms with Crippen molar-refractivity contribution in [2.24, 2.45) is 23.7 Å². The van der Waals surface area contributed by atoms with Crippen molar-refractivity contribution in [2.45, 2.75) is 369 Å². The van der Waals surface area contributed by atoms with Crippen LogP contribution in [0.1, 0.15) is 351 Å². The molecule has 0 aromatic heterocycles. The lowest BCUT2D eigenvalue weighted by Gasteiger charge is -2.21. The standard InChI is InChI=1S/C71H138O17P2/c1-9-63(7)49-41-33-25-20-21-26-35-43-51-68(73)81-57-66(88-71(76)54-46-38-28-22-24-32-40-48-62(5)6)59-85-89(77,78)83-55-65(72)56-84-90(79,80)86-60-67(58-82-69(74)52-44-36-30-29-34-42-50-64(8)10-2)87-70(75)53-45-37-27-19-17-15-13-11-12-14-16-18-23-31-39-47-61(3)4/h61-67,72H,9-60H2,1-8H3,(H,77,78)(H,79,80)/t63?,64?,65-,66-,67-/m1/s1. The number of ether oxygens (including phenoxy) is 4. The zero-order valence-corrected chi connectivity index (χ0v) is 60.6. The van der Waals surface area contributed by atoms with Gasteiger partial charge in [0, 0.05) is 25.7 Å². The molecule has 0 rings (SSSR count). The van der Waals surface area contributed by atoms with E-state index in [1.165, 1.54) is 148 Å². The Morgan fingerprint density at radius 2 is 0.533 bits per heavy atom. The summed E-state index contributed by atoms with van der Waals surface area (Å²) < 4.78 is 68.3. The number of hydrogen-bond donors (Lipinski definition) is 3. The predicted molar refractivity (Wildman–Crippen MR) is 363 cm³/mol. The van der Waals surface area contributed by atoms with Crippen LogP contribution in [0.3, 0.4) is 0 Å². The number of unbranched alkanes of at least 4 members (excludes halogenated alkanes) is 32. The number of phosphoric acid groups is 2. The van der Waals surface area contributed by atoms with Gasteiger partial charge in [-0.15, -0.1) is 0 Å². The molecule has 4 unspecified atom stereocenters. The molecule has 0 aliphatic heterocycles. The summed E-state index contributed by atoms with van der Waals surface area (Å²) in [4.78, 5) is 72.5. The molecule has 0 bridgehead atoms. The number of phosphoric ester groups is 2. The Labute approximate surface area is 549 Å². The first-order chi connectivity index (χ1) is 43.2. The van der Waals surface area contributed by atoms with Crippen LogP contribution in [-0.4, -0.2) is 96.7 Å². The Balaban J connectivity index is 5.22. The number of aliphatic hydroxyl groups excluding tert-OH is 1. The van der Waals surface area contributed by atoms with Crippen LogP contribution in [0.4, 0.5) is 0 Å². The third kappa shape index (κ3) is 62.2. The Bertz CT molecular complexity index is 1790. The van der Waals surface area contributed by atoms with Gasteiger partial charge in [-0.1, -0.05) is 299 Å². The molecule has 19 heteroatoms. The summed E-state index contributed by atoms with van der Waals surface area (Å²) in [6, 6.07) is 0. The summed E-state index contributed by atoms with van der Waals surface area (Å²) in [5.74, 6) is 0.875. The van der Waals surface area contributed by atoms with Gasteiger partial charge >= 0.3 is 39.5 Å². The van der Waals surface area contributed by atoms with Gasteiger partial charge in [0.1, 0.15) is 19.3 Å². The van der Waals surface area contributed by atoms with Crippen LogP contribution in [0.5, 0.6) is 0 Å². The number of hydrogen-bond acceptors (Lipinski definition) is 15. The first kappa shape index (κ1) is 88.1. The number of carbonyl (C=O) groups is 4. The Morgan fingerprint density at radius 3 is 0.789 bits per heavy atom.